The molecule has 1 aliphatic heterocycles. The first-order valence-electron chi connectivity index (χ1n) is 6.26. The minimum atomic E-state index is -3.34. The minimum absolute atomic E-state index is 0.0644. The molecule has 108 valence electrons. The fourth-order valence-electron chi connectivity index (χ4n) is 1.92. The average Bonchev–Trinajstić information content (AvgIpc) is 2.56. The molecule has 1 saturated heterocycles. The van der Waals surface area contributed by atoms with Crippen LogP contribution in [0.2, 0.25) is 0 Å². The van der Waals surface area contributed by atoms with Gasteiger partial charge in [0.2, 0.25) is 10.0 Å². The number of rotatable bonds is 8. The Hall–Kier alpha value is -0.180. The van der Waals surface area contributed by atoms with E-state index in [2.05, 4.69) is 10.0 Å². The molecule has 0 bridgehead atoms. The van der Waals surface area contributed by atoms with Crippen molar-refractivity contribution in [2.75, 3.05) is 30.3 Å². The van der Waals surface area contributed by atoms with Crippen molar-refractivity contribution in [2.45, 2.75) is 32.2 Å². The largest absolute Gasteiger partial charge is 0.317 e. The molecule has 2 N–H and O–H groups in total. The van der Waals surface area contributed by atoms with Crippen LogP contribution in [0.1, 0.15) is 26.2 Å². The van der Waals surface area contributed by atoms with E-state index in [1.807, 2.05) is 6.92 Å². The Balaban J connectivity index is 2.28. The summed E-state index contributed by atoms with van der Waals surface area (Å²) in [5.41, 5.74) is 0. The minimum Gasteiger partial charge on any atom is -0.317 e. The van der Waals surface area contributed by atoms with Crippen molar-refractivity contribution in [3.05, 3.63) is 0 Å². The Morgan fingerprint density at radius 2 is 2.00 bits per heavy atom. The Morgan fingerprint density at radius 1 is 1.28 bits per heavy atom. The van der Waals surface area contributed by atoms with Gasteiger partial charge in [-0.3, -0.25) is 0 Å². The molecule has 18 heavy (non-hydrogen) atoms. The molecular weight excluding hydrogens is 276 g/mol. The zero-order valence-electron chi connectivity index (χ0n) is 10.7. The third kappa shape index (κ3) is 6.12. The van der Waals surface area contributed by atoms with Crippen LogP contribution in [0.25, 0.3) is 0 Å². The van der Waals surface area contributed by atoms with Gasteiger partial charge < -0.3 is 5.32 Å². The van der Waals surface area contributed by atoms with Crippen LogP contribution in [0.3, 0.4) is 0 Å². The fraction of sp³-hybridized carbons (Fsp3) is 1.00. The van der Waals surface area contributed by atoms with E-state index in [4.69, 9.17) is 0 Å². The first kappa shape index (κ1) is 15.9. The van der Waals surface area contributed by atoms with Crippen LogP contribution >= 0.6 is 0 Å². The lowest BCUT2D eigenvalue weighted by molar-refractivity contribution is 0.557. The highest BCUT2D eigenvalue weighted by molar-refractivity contribution is 7.92. The fourth-order valence-corrected chi connectivity index (χ4v) is 5.11. The van der Waals surface area contributed by atoms with E-state index in [-0.39, 0.29) is 17.3 Å². The van der Waals surface area contributed by atoms with Crippen molar-refractivity contribution in [3.8, 4) is 0 Å². The second-order valence-electron chi connectivity index (χ2n) is 4.60. The smallest absolute Gasteiger partial charge is 0.211 e. The van der Waals surface area contributed by atoms with Crippen molar-refractivity contribution in [1.82, 2.24) is 10.0 Å². The number of hydrogen-bond acceptors (Lipinski definition) is 5. The Labute approximate surface area is 110 Å². The molecule has 0 amide bonds. The van der Waals surface area contributed by atoms with Gasteiger partial charge in [0.1, 0.15) is 0 Å². The number of sulfonamides is 1. The molecule has 0 radical (unpaired) electrons. The molecule has 1 rings (SSSR count). The summed E-state index contributed by atoms with van der Waals surface area (Å²) in [6.07, 6.45) is 1.78. The van der Waals surface area contributed by atoms with Gasteiger partial charge in [-0.15, -0.1) is 0 Å². The zero-order chi connectivity index (χ0) is 13.6. The summed E-state index contributed by atoms with van der Waals surface area (Å²) in [4.78, 5) is 0. The maximum Gasteiger partial charge on any atom is 0.211 e. The van der Waals surface area contributed by atoms with E-state index in [0.29, 0.717) is 12.8 Å². The van der Waals surface area contributed by atoms with E-state index in [0.717, 1.165) is 19.5 Å². The van der Waals surface area contributed by atoms with Crippen LogP contribution in [-0.2, 0) is 19.9 Å². The quantitative estimate of drug-likeness (QED) is 0.588. The van der Waals surface area contributed by atoms with E-state index in [1.165, 1.54) is 0 Å². The number of sulfone groups is 1. The lowest BCUT2D eigenvalue weighted by Crippen LogP contribution is -2.37. The van der Waals surface area contributed by atoms with Gasteiger partial charge in [-0.25, -0.2) is 21.6 Å². The lowest BCUT2D eigenvalue weighted by Gasteiger charge is -2.11. The maximum absolute atomic E-state index is 11.7. The van der Waals surface area contributed by atoms with Gasteiger partial charge in [-0.2, -0.15) is 0 Å². The van der Waals surface area contributed by atoms with E-state index in [1.54, 1.807) is 0 Å². The first-order chi connectivity index (χ1) is 8.35. The molecule has 0 aliphatic carbocycles. The second kappa shape index (κ2) is 6.83. The summed E-state index contributed by atoms with van der Waals surface area (Å²) in [6, 6.07) is -0.436. The molecule has 0 aromatic heterocycles. The topological polar surface area (TPSA) is 92.3 Å². The normalized spacial score (nSPS) is 23.3. The number of nitrogens with one attached hydrogen (secondary N) is 2. The molecule has 0 saturated carbocycles. The van der Waals surface area contributed by atoms with E-state index >= 15 is 0 Å². The maximum atomic E-state index is 11.7. The van der Waals surface area contributed by atoms with Gasteiger partial charge in [0.05, 0.1) is 17.3 Å². The molecule has 1 unspecified atom stereocenters. The SMILES string of the molecule is CCNCCCCS(=O)(=O)NC1CCS(=O)(=O)C1. The Kier molecular flexibility index (Phi) is 6.03. The van der Waals surface area contributed by atoms with Crippen molar-refractivity contribution < 1.29 is 16.8 Å². The molecule has 1 atom stereocenters. The van der Waals surface area contributed by atoms with Crippen LogP contribution < -0.4 is 10.0 Å². The summed E-state index contributed by atoms with van der Waals surface area (Å²) >= 11 is 0. The summed E-state index contributed by atoms with van der Waals surface area (Å²) in [5.74, 6) is 0.0825. The second-order valence-corrected chi connectivity index (χ2v) is 8.70. The first-order valence-corrected chi connectivity index (χ1v) is 9.73. The highest BCUT2D eigenvalue weighted by Gasteiger charge is 2.30. The molecule has 8 heteroatoms. The predicted molar refractivity (Wildman–Crippen MR) is 71.8 cm³/mol. The van der Waals surface area contributed by atoms with Crippen molar-refractivity contribution >= 4 is 19.9 Å². The highest BCUT2D eigenvalue weighted by atomic mass is 32.2. The number of hydrogen-bond donors (Lipinski definition) is 2. The third-order valence-corrected chi connectivity index (χ3v) is 6.13. The third-order valence-electron chi connectivity index (χ3n) is 2.85. The molecule has 6 nitrogen and oxygen atoms in total. The van der Waals surface area contributed by atoms with Crippen LogP contribution in [-0.4, -0.2) is 53.2 Å². The number of unbranched alkanes of at least 4 members (excludes halogenated alkanes) is 1. The molecular formula is C10H22N2O4S2. The highest BCUT2D eigenvalue weighted by Crippen LogP contribution is 2.12. The lowest BCUT2D eigenvalue weighted by atomic mass is 10.3. The van der Waals surface area contributed by atoms with Gasteiger partial charge in [0, 0.05) is 6.04 Å². The predicted octanol–water partition coefficient (Wildman–Crippen LogP) is -0.517. The molecule has 0 aromatic rings. The van der Waals surface area contributed by atoms with Gasteiger partial charge >= 0.3 is 0 Å². The zero-order valence-corrected chi connectivity index (χ0v) is 12.3. The van der Waals surface area contributed by atoms with Crippen LogP contribution in [0, 0.1) is 0 Å². The van der Waals surface area contributed by atoms with Crippen LogP contribution in [0.5, 0.6) is 0 Å². The molecule has 0 aromatic carbocycles. The van der Waals surface area contributed by atoms with E-state index < -0.39 is 25.9 Å². The summed E-state index contributed by atoms with van der Waals surface area (Å²) in [6.45, 7) is 3.69. The van der Waals surface area contributed by atoms with Crippen molar-refractivity contribution in [3.63, 3.8) is 0 Å². The van der Waals surface area contributed by atoms with Crippen LogP contribution in [0.4, 0.5) is 0 Å². The molecule has 1 fully saturated rings. The Morgan fingerprint density at radius 3 is 2.56 bits per heavy atom. The summed E-state index contributed by atoms with van der Waals surface area (Å²) in [7, 11) is -6.38. The monoisotopic (exact) mass is 298 g/mol. The standard InChI is InChI=1S/C10H22N2O4S2/c1-2-11-6-3-4-7-18(15,16)12-10-5-8-17(13,14)9-10/h10-12H,2-9H2,1H3. The van der Waals surface area contributed by atoms with E-state index in [9.17, 15) is 16.8 Å². The van der Waals surface area contributed by atoms with Crippen molar-refractivity contribution in [1.29, 1.82) is 0 Å². The summed E-state index contributed by atoms with van der Waals surface area (Å²) < 4.78 is 48.3. The Bertz CT molecular complexity index is 444. The molecule has 1 aliphatic rings. The van der Waals surface area contributed by atoms with Gasteiger partial charge in [-0.1, -0.05) is 6.92 Å². The van der Waals surface area contributed by atoms with Gasteiger partial charge in [-0.05, 0) is 32.4 Å². The average molecular weight is 298 g/mol. The van der Waals surface area contributed by atoms with Gasteiger partial charge in [0.15, 0.2) is 9.84 Å². The van der Waals surface area contributed by atoms with Crippen molar-refractivity contribution in [2.24, 2.45) is 0 Å². The van der Waals surface area contributed by atoms with Gasteiger partial charge in [0.25, 0.3) is 0 Å². The van der Waals surface area contributed by atoms with Crippen LogP contribution in [0.15, 0.2) is 0 Å². The molecule has 1 heterocycles. The summed E-state index contributed by atoms with van der Waals surface area (Å²) in [5, 5.41) is 3.12. The molecule has 0 spiro atoms.